The fraction of sp³-hybridized carbons (Fsp3) is 0.840. The minimum atomic E-state index is -0.802. The van der Waals surface area contributed by atoms with E-state index in [1.807, 2.05) is 27.7 Å². The predicted octanol–water partition coefficient (Wildman–Crippen LogP) is 4.12. The van der Waals surface area contributed by atoms with Crippen LogP contribution >= 0.6 is 0 Å². The average Bonchev–Trinajstić information content (AvgIpc) is 3.36. The molecule has 3 fully saturated rings. The van der Waals surface area contributed by atoms with Crippen molar-refractivity contribution in [1.82, 2.24) is 0 Å². The molecule has 3 aliphatic heterocycles. The minimum absolute atomic E-state index is 0.233. The van der Waals surface area contributed by atoms with E-state index in [4.69, 9.17) is 33.2 Å². The number of carbonyl (C=O) groups is 2. The van der Waals surface area contributed by atoms with Crippen molar-refractivity contribution in [3.05, 3.63) is 12.8 Å². The zero-order valence-corrected chi connectivity index (χ0v) is 20.9. The third-order valence-corrected chi connectivity index (χ3v) is 6.17. The molecule has 0 aliphatic carbocycles. The maximum Gasteiger partial charge on any atom is 0.310 e. The lowest BCUT2D eigenvalue weighted by molar-refractivity contribution is -0.235. The maximum atomic E-state index is 12.6. The summed E-state index contributed by atoms with van der Waals surface area (Å²) in [5.41, 5.74) is 0. The maximum absolute atomic E-state index is 12.6. The van der Waals surface area contributed by atoms with Crippen LogP contribution in [0.5, 0.6) is 0 Å². The van der Waals surface area contributed by atoms with Gasteiger partial charge in [0, 0.05) is 12.8 Å². The molecule has 0 saturated carbocycles. The van der Waals surface area contributed by atoms with Gasteiger partial charge in [0.25, 0.3) is 0 Å². The number of hydrogen-bond acceptors (Lipinski definition) is 9. The first-order chi connectivity index (χ1) is 16.1. The molecule has 3 aliphatic rings. The summed E-state index contributed by atoms with van der Waals surface area (Å²) in [5.74, 6) is -2.02. The molecular formula is C25H40O9. The highest BCUT2D eigenvalue weighted by Crippen LogP contribution is 2.42. The van der Waals surface area contributed by atoms with E-state index >= 15 is 0 Å². The first-order valence-corrected chi connectivity index (χ1v) is 12.4. The van der Waals surface area contributed by atoms with Gasteiger partial charge >= 0.3 is 11.9 Å². The van der Waals surface area contributed by atoms with Gasteiger partial charge in [-0.15, -0.1) is 0 Å². The number of ether oxygens (including phenoxy) is 7. The molecule has 0 aromatic heterocycles. The van der Waals surface area contributed by atoms with Crippen molar-refractivity contribution in [2.24, 2.45) is 0 Å². The Morgan fingerprint density at radius 1 is 0.853 bits per heavy atom. The third kappa shape index (κ3) is 7.75. The number of fused-ring (bicyclic) bond motifs is 1. The Morgan fingerprint density at radius 3 is 2.06 bits per heavy atom. The summed E-state index contributed by atoms with van der Waals surface area (Å²) in [6.45, 7) is 11.0. The zero-order valence-electron chi connectivity index (χ0n) is 20.9. The Hall–Kier alpha value is -1.52. The van der Waals surface area contributed by atoms with Gasteiger partial charge in [0.05, 0.1) is 12.9 Å². The molecule has 0 aromatic rings. The van der Waals surface area contributed by atoms with E-state index in [1.54, 1.807) is 0 Å². The molecule has 0 bridgehead atoms. The molecule has 9 nitrogen and oxygen atoms in total. The first kappa shape index (κ1) is 27.1. The van der Waals surface area contributed by atoms with Gasteiger partial charge in [0.1, 0.15) is 12.2 Å². The van der Waals surface area contributed by atoms with E-state index in [-0.39, 0.29) is 18.0 Å². The number of rotatable bonds is 13. The van der Waals surface area contributed by atoms with Crippen LogP contribution in [-0.4, -0.2) is 60.8 Å². The van der Waals surface area contributed by atoms with Gasteiger partial charge in [-0.25, -0.2) is 0 Å². The van der Waals surface area contributed by atoms with Gasteiger partial charge in [0.2, 0.25) is 0 Å². The molecule has 3 heterocycles. The number of esters is 2. The standard InChI is InChI=1S/C25H40O9/c1-6-28-18(26)14-12-10-8-7-9-11-13-15-19(27)30-21-20(17-16-29-24(2,3)32-17)31-23-22(21)33-25(4,5)34-23/h6,17,20-23H,1,7-16H2,2-5H3/t17?,20-,21+,22-,23-/m1/s1. The lowest BCUT2D eigenvalue weighted by atomic mass is 10.1. The Bertz CT molecular complexity index is 704. The third-order valence-electron chi connectivity index (χ3n) is 6.17. The minimum Gasteiger partial charge on any atom is -0.456 e. The molecule has 1 unspecified atom stereocenters. The van der Waals surface area contributed by atoms with Gasteiger partial charge in [-0.3, -0.25) is 9.59 Å². The Balaban J connectivity index is 1.36. The molecule has 9 heteroatoms. The summed E-state index contributed by atoms with van der Waals surface area (Å²) in [7, 11) is 0. The Labute approximate surface area is 202 Å². The van der Waals surface area contributed by atoms with Crippen LogP contribution in [0.4, 0.5) is 0 Å². The van der Waals surface area contributed by atoms with E-state index in [0.29, 0.717) is 19.4 Å². The number of carbonyl (C=O) groups excluding carboxylic acids is 2. The van der Waals surface area contributed by atoms with Crippen LogP contribution in [0.3, 0.4) is 0 Å². The van der Waals surface area contributed by atoms with Crippen molar-refractivity contribution >= 4 is 11.9 Å². The monoisotopic (exact) mass is 484 g/mol. The van der Waals surface area contributed by atoms with E-state index in [0.717, 1.165) is 44.9 Å². The summed E-state index contributed by atoms with van der Waals surface area (Å²) >= 11 is 0. The molecule has 0 amide bonds. The molecular weight excluding hydrogens is 444 g/mol. The average molecular weight is 485 g/mol. The highest BCUT2D eigenvalue weighted by Gasteiger charge is 2.59. The zero-order chi connectivity index (χ0) is 24.8. The van der Waals surface area contributed by atoms with E-state index in [9.17, 15) is 9.59 Å². The molecule has 0 spiro atoms. The molecule has 0 N–H and O–H groups in total. The topological polar surface area (TPSA) is 98.8 Å². The van der Waals surface area contributed by atoms with Crippen molar-refractivity contribution in [1.29, 1.82) is 0 Å². The molecule has 0 aromatic carbocycles. The first-order valence-electron chi connectivity index (χ1n) is 12.4. The lowest BCUT2D eigenvalue weighted by Gasteiger charge is -2.28. The van der Waals surface area contributed by atoms with Gasteiger partial charge in [-0.1, -0.05) is 38.7 Å². The quantitative estimate of drug-likeness (QED) is 0.217. The smallest absolute Gasteiger partial charge is 0.310 e. The van der Waals surface area contributed by atoms with Crippen LogP contribution in [0.25, 0.3) is 0 Å². The van der Waals surface area contributed by atoms with Crippen molar-refractivity contribution in [2.45, 2.75) is 128 Å². The van der Waals surface area contributed by atoms with E-state index < -0.39 is 36.2 Å². The molecule has 5 atom stereocenters. The van der Waals surface area contributed by atoms with Gasteiger partial charge < -0.3 is 33.2 Å². The largest absolute Gasteiger partial charge is 0.456 e. The van der Waals surface area contributed by atoms with Gasteiger partial charge in [-0.2, -0.15) is 0 Å². The summed E-state index contributed by atoms with van der Waals surface area (Å²) in [6, 6.07) is 0. The Morgan fingerprint density at radius 2 is 1.47 bits per heavy atom. The van der Waals surface area contributed by atoms with Gasteiger partial charge in [0.15, 0.2) is 30.1 Å². The highest BCUT2D eigenvalue weighted by molar-refractivity contribution is 5.70. The fourth-order valence-corrected chi connectivity index (χ4v) is 4.60. The van der Waals surface area contributed by atoms with E-state index in [1.165, 1.54) is 6.26 Å². The second-order valence-corrected chi connectivity index (χ2v) is 10.0. The second-order valence-electron chi connectivity index (χ2n) is 10.0. The summed E-state index contributed by atoms with van der Waals surface area (Å²) in [5, 5.41) is 0. The van der Waals surface area contributed by atoms with Crippen molar-refractivity contribution < 1.29 is 42.7 Å². The van der Waals surface area contributed by atoms with Crippen LogP contribution in [0.1, 0.15) is 85.5 Å². The highest BCUT2D eigenvalue weighted by atomic mass is 16.8. The van der Waals surface area contributed by atoms with Crippen LogP contribution in [0.15, 0.2) is 12.8 Å². The molecule has 194 valence electrons. The predicted molar refractivity (Wildman–Crippen MR) is 121 cm³/mol. The van der Waals surface area contributed by atoms with Crippen LogP contribution in [0, 0.1) is 0 Å². The summed E-state index contributed by atoms with van der Waals surface area (Å²) in [6.07, 6.45) is 6.01. The van der Waals surface area contributed by atoms with Crippen molar-refractivity contribution in [3.8, 4) is 0 Å². The molecule has 34 heavy (non-hydrogen) atoms. The normalized spacial score (nSPS) is 31.2. The summed E-state index contributed by atoms with van der Waals surface area (Å²) < 4.78 is 40.1. The second kappa shape index (κ2) is 11.9. The van der Waals surface area contributed by atoms with E-state index in [2.05, 4.69) is 6.58 Å². The summed E-state index contributed by atoms with van der Waals surface area (Å²) in [4.78, 5) is 23.9. The number of hydrogen-bond donors (Lipinski definition) is 0. The fourth-order valence-electron chi connectivity index (χ4n) is 4.60. The molecule has 3 saturated heterocycles. The SMILES string of the molecule is C=COC(=O)CCCCCCCCCC(=O)O[C@@H]1[C@H]2OC(C)(C)O[C@H]2O[C@@H]1C1COC(C)(C)O1. The van der Waals surface area contributed by atoms with Crippen LogP contribution in [-0.2, 0) is 42.7 Å². The van der Waals surface area contributed by atoms with Crippen LogP contribution < -0.4 is 0 Å². The Kier molecular flexibility index (Phi) is 9.51. The molecule has 3 rings (SSSR count). The van der Waals surface area contributed by atoms with Gasteiger partial charge in [-0.05, 0) is 40.5 Å². The van der Waals surface area contributed by atoms with Crippen molar-refractivity contribution in [3.63, 3.8) is 0 Å². The molecule has 0 radical (unpaired) electrons. The van der Waals surface area contributed by atoms with Crippen molar-refractivity contribution in [2.75, 3.05) is 6.61 Å². The number of unbranched alkanes of at least 4 members (excludes halogenated alkanes) is 6. The van der Waals surface area contributed by atoms with Crippen LogP contribution in [0.2, 0.25) is 0 Å². The lowest BCUT2D eigenvalue weighted by Crippen LogP contribution is -2.45.